The van der Waals surface area contributed by atoms with E-state index in [4.69, 9.17) is 22.9 Å². The van der Waals surface area contributed by atoms with Crippen LogP contribution < -0.4 is 76.1 Å². The Kier molecular flexibility index (Phi) is 37.9. The van der Waals surface area contributed by atoms with Gasteiger partial charge in [0.15, 0.2) is 5.96 Å². The van der Waals surface area contributed by atoms with Crippen LogP contribution in [0.25, 0.3) is 0 Å². The fourth-order valence-corrected chi connectivity index (χ4v) is 13.4. The molecule has 0 unspecified atom stereocenters. The molecule has 2 aromatic carbocycles. The standard InChI is InChI=1S/C72H112N18O18S2/c1-6-39(3)56(66(102)84-51(38-110)64(100)82-49(71(107)108)34-42-17-9-8-10-18-42)85-65(101)52-21-14-30-88(52)68(104)53-22-15-31-89(53)69(105)54-23-16-32-90(54)70(106)57(40(4)7-2)86-63(99)50(36-91)83-61(97)47(19-11-12-28-73)80-67(103)58(41(5)92)87-62(98)48(33-43-24-26-44(93)27-25-43)81-60(96)46(20-13-29-77-72(75)76)79-55(94)35-78-59(95)45(74)37-109/h8-10,17-18,24-27,39-41,45-54,56-58,91-93,109-110H,6-7,11-16,19-23,28-38,73-74H2,1-5H3,(H,78,95)(H,79,94)(H,80,103)(H,81,96)(H,82,100)(H,83,97)(H,84,102)(H,85,101)(H,86,99)(H,87,98)(H,107,108)(H4,75,76,77)/t39-,40-,41+,45-,46-,47-,48-,49-,50-,51-,52-,53-,54-,56-,57-,58-/m0/s1. The van der Waals surface area contributed by atoms with Crippen LogP contribution in [0.1, 0.15) is 129 Å². The van der Waals surface area contributed by atoms with Crippen LogP contribution in [0.15, 0.2) is 59.6 Å². The topological polar surface area (TPSA) is 566 Å². The van der Waals surface area contributed by atoms with E-state index in [1.165, 1.54) is 39.0 Å². The quantitative estimate of drug-likeness (QED) is 0.0129. The number of hydrogen-bond acceptors (Lipinski definition) is 22. The van der Waals surface area contributed by atoms with Crippen molar-refractivity contribution in [2.24, 2.45) is 39.8 Å². The summed E-state index contributed by atoms with van der Waals surface area (Å²) >= 11 is 8.26. The first-order valence-corrected chi connectivity index (χ1v) is 38.6. The molecule has 3 heterocycles. The van der Waals surface area contributed by atoms with E-state index in [0.29, 0.717) is 49.7 Å². The van der Waals surface area contributed by atoms with Gasteiger partial charge in [-0.3, -0.25) is 67.3 Å². The molecule has 0 aliphatic carbocycles. The summed E-state index contributed by atoms with van der Waals surface area (Å²) in [6.07, 6.45) is 0.920. The maximum atomic E-state index is 14.9. The molecule has 0 aromatic heterocycles. The van der Waals surface area contributed by atoms with Crippen molar-refractivity contribution < 1.29 is 87.5 Å². The third-order valence-corrected chi connectivity index (χ3v) is 20.5. The van der Waals surface area contributed by atoms with Crippen LogP contribution in [-0.2, 0) is 80.0 Å². The van der Waals surface area contributed by atoms with E-state index >= 15 is 0 Å². The highest BCUT2D eigenvalue weighted by atomic mass is 32.1. The Morgan fingerprint density at radius 2 is 1.01 bits per heavy atom. The molecule has 3 saturated heterocycles. The summed E-state index contributed by atoms with van der Waals surface area (Å²) < 4.78 is 0. The number of phenols is 1. The molecule has 0 saturated carbocycles. The number of nitrogens with one attached hydrogen (secondary N) is 10. The number of hydrogen-bond donors (Lipinski definition) is 20. The summed E-state index contributed by atoms with van der Waals surface area (Å²) in [4.78, 5) is 204. The van der Waals surface area contributed by atoms with Gasteiger partial charge in [-0.05, 0) is 119 Å². The third-order valence-electron chi connectivity index (χ3n) is 19.8. The molecule has 5 rings (SSSR count). The zero-order valence-electron chi connectivity index (χ0n) is 62.9. The fourth-order valence-electron chi connectivity index (χ4n) is 13.0. The summed E-state index contributed by atoms with van der Waals surface area (Å²) in [6.45, 7) is 7.01. The number of aliphatic carboxylic acids is 1. The summed E-state index contributed by atoms with van der Waals surface area (Å²) in [6, 6.07) is -3.35. The van der Waals surface area contributed by atoms with Crippen molar-refractivity contribution in [3.63, 3.8) is 0 Å². The molecule has 22 N–H and O–H groups in total. The van der Waals surface area contributed by atoms with E-state index in [0.717, 1.165) is 6.92 Å². The summed E-state index contributed by atoms with van der Waals surface area (Å²) in [5, 5.41) is 67.2. The number of carboxylic acid groups (broad SMARTS) is 1. The number of aliphatic hydroxyl groups is 2. The number of unbranched alkanes of at least 4 members (excludes halogenated alkanes) is 1. The summed E-state index contributed by atoms with van der Waals surface area (Å²) in [7, 11) is 0. The van der Waals surface area contributed by atoms with Gasteiger partial charge < -0.3 is 111 Å². The number of carbonyl (C=O) groups is 14. The van der Waals surface area contributed by atoms with Gasteiger partial charge in [0.25, 0.3) is 0 Å². The van der Waals surface area contributed by atoms with Crippen molar-refractivity contribution in [3.05, 3.63) is 65.7 Å². The maximum absolute atomic E-state index is 14.9. The molecule has 13 amide bonds. The molecule has 36 nitrogen and oxygen atoms in total. The smallest absolute Gasteiger partial charge is 0.326 e. The number of aromatic hydroxyl groups is 1. The number of carbonyl (C=O) groups excluding carboxylic acids is 13. The number of likely N-dealkylation sites (tertiary alicyclic amines) is 3. The minimum absolute atomic E-state index is 0.0182. The van der Waals surface area contributed by atoms with Crippen LogP contribution in [0, 0.1) is 11.8 Å². The lowest BCUT2D eigenvalue weighted by molar-refractivity contribution is -0.151. The first kappa shape index (κ1) is 91.2. The second-order valence-corrected chi connectivity index (χ2v) is 28.7. The number of thiol groups is 2. The minimum Gasteiger partial charge on any atom is -0.508 e. The Hall–Kier alpha value is -9.37. The van der Waals surface area contributed by atoms with Gasteiger partial charge in [-0.1, -0.05) is 83.0 Å². The zero-order valence-corrected chi connectivity index (χ0v) is 64.7. The number of rotatable bonds is 44. The predicted molar refractivity (Wildman–Crippen MR) is 410 cm³/mol. The zero-order chi connectivity index (χ0) is 81.5. The van der Waals surface area contributed by atoms with Crippen LogP contribution in [0.5, 0.6) is 5.75 Å². The molecule has 38 heteroatoms. The molecule has 0 radical (unpaired) electrons. The predicted octanol–water partition coefficient (Wildman–Crippen LogP) is -4.45. The van der Waals surface area contributed by atoms with Crippen LogP contribution in [0.4, 0.5) is 0 Å². The van der Waals surface area contributed by atoms with Gasteiger partial charge >= 0.3 is 5.97 Å². The van der Waals surface area contributed by atoms with Crippen molar-refractivity contribution in [2.45, 2.75) is 216 Å². The van der Waals surface area contributed by atoms with Crippen molar-refractivity contribution >= 4 is 114 Å². The average molecular weight is 1580 g/mol. The second kappa shape index (κ2) is 45.7. The molecule has 610 valence electrons. The summed E-state index contributed by atoms with van der Waals surface area (Å²) in [5.41, 5.74) is 23.5. The molecule has 0 spiro atoms. The van der Waals surface area contributed by atoms with Gasteiger partial charge in [0.2, 0.25) is 76.8 Å². The highest BCUT2D eigenvalue weighted by Crippen LogP contribution is 2.30. The SMILES string of the molecule is CC[C@H](C)[C@H](NC(=O)[C@@H]1CCCN1C(=O)[C@@H]1CCCN1C(=O)[C@@H]1CCCN1C(=O)[C@@H](NC(=O)[C@H](CO)NC(=O)[C@H](CCCCN)NC(=O)[C@@H](NC(=O)[C@H](Cc1ccc(O)cc1)NC(=O)[C@H](CCCN=C(N)N)NC(=O)CNC(=O)[C@@H](N)CS)[C@@H](C)O)[C@@H](C)CC)C(=O)N[C@@H](CS)C(=O)N[C@@H](Cc1ccccc1)C(=O)O. The van der Waals surface area contributed by atoms with Gasteiger partial charge in [-0.2, -0.15) is 25.3 Å². The van der Waals surface area contributed by atoms with Gasteiger partial charge in [0.1, 0.15) is 78.3 Å². The average Bonchev–Trinajstić information content (AvgIpc) is 1.62. The Bertz CT molecular complexity index is 3510. The number of phenolic OH excluding ortho intramolecular Hbond substituents is 1. The second-order valence-electron chi connectivity index (χ2n) is 28.0. The number of carboxylic acids is 1. The molecule has 0 bridgehead atoms. The van der Waals surface area contributed by atoms with Gasteiger partial charge in [-0.15, -0.1) is 0 Å². The van der Waals surface area contributed by atoms with E-state index in [1.54, 1.807) is 58.0 Å². The van der Waals surface area contributed by atoms with Crippen LogP contribution in [0.2, 0.25) is 0 Å². The Labute approximate surface area is 650 Å². The third kappa shape index (κ3) is 27.3. The fraction of sp³-hybridized carbons (Fsp3) is 0.625. The lowest BCUT2D eigenvalue weighted by atomic mass is 9.96. The van der Waals surface area contributed by atoms with Crippen molar-refractivity contribution in [3.8, 4) is 5.75 Å². The van der Waals surface area contributed by atoms with Crippen molar-refractivity contribution in [1.29, 1.82) is 0 Å². The van der Waals surface area contributed by atoms with Crippen LogP contribution in [0.3, 0.4) is 0 Å². The van der Waals surface area contributed by atoms with Crippen molar-refractivity contribution in [1.82, 2.24) is 67.9 Å². The Balaban J connectivity index is 1.28. The van der Waals surface area contributed by atoms with E-state index in [1.807, 2.05) is 0 Å². The van der Waals surface area contributed by atoms with Gasteiger partial charge in [0, 0.05) is 50.5 Å². The molecule has 2 aromatic rings. The molecular weight excluding hydrogens is 1470 g/mol. The number of guanidine groups is 1. The number of benzene rings is 2. The van der Waals surface area contributed by atoms with E-state index < -0.39 is 192 Å². The van der Waals surface area contributed by atoms with E-state index in [9.17, 15) is 87.5 Å². The summed E-state index contributed by atoms with van der Waals surface area (Å²) in [5.74, 6) is -13.6. The molecule has 16 atom stereocenters. The normalized spacial score (nSPS) is 18.9. The molecule has 3 aliphatic rings. The lowest BCUT2D eigenvalue weighted by Gasteiger charge is -2.36. The van der Waals surface area contributed by atoms with Crippen molar-refractivity contribution in [2.75, 3.05) is 57.4 Å². The molecule has 3 aliphatic heterocycles. The van der Waals surface area contributed by atoms with E-state index in [2.05, 4.69) is 83.4 Å². The number of amides is 13. The highest BCUT2D eigenvalue weighted by molar-refractivity contribution is 7.80. The van der Waals surface area contributed by atoms with Crippen LogP contribution >= 0.6 is 25.3 Å². The van der Waals surface area contributed by atoms with Gasteiger partial charge in [-0.25, -0.2) is 4.79 Å². The Morgan fingerprint density at radius 3 is 1.57 bits per heavy atom. The van der Waals surface area contributed by atoms with E-state index in [-0.39, 0.29) is 114 Å². The first-order chi connectivity index (χ1) is 52.3. The molecular formula is C72H112N18O18S2. The monoisotopic (exact) mass is 1580 g/mol. The van der Waals surface area contributed by atoms with Gasteiger partial charge in [0.05, 0.1) is 25.3 Å². The molecule has 3 fully saturated rings. The Morgan fingerprint density at radius 1 is 0.536 bits per heavy atom. The number of nitrogens with zero attached hydrogens (tertiary/aromatic N) is 4. The minimum atomic E-state index is -1.85. The van der Waals surface area contributed by atoms with Crippen LogP contribution in [-0.4, -0.2) is 266 Å². The number of nitrogens with two attached hydrogens (primary N) is 4. The number of aliphatic imine (C=N–C) groups is 1. The highest BCUT2D eigenvalue weighted by Gasteiger charge is 2.48. The largest absolute Gasteiger partial charge is 0.508 e. The number of aliphatic hydroxyl groups excluding tert-OH is 2. The molecule has 110 heavy (non-hydrogen) atoms. The lowest BCUT2D eigenvalue weighted by Crippen LogP contribution is -2.62. The first-order valence-electron chi connectivity index (χ1n) is 37.3. The maximum Gasteiger partial charge on any atom is 0.326 e.